The molecule has 2 rings (SSSR count). The lowest BCUT2D eigenvalue weighted by Crippen LogP contribution is -2.28. The van der Waals surface area contributed by atoms with E-state index in [2.05, 4.69) is 15.5 Å². The number of β-amino-alcohol motifs (C(OH)–C–C–N with tert-alkyl or cyclic N) is 1. The van der Waals surface area contributed by atoms with Crippen LogP contribution < -0.4 is 5.32 Å². The Hall–Kier alpha value is -0.650. The topological polar surface area (TPSA) is 71.2 Å². The number of halogens is 1. The van der Waals surface area contributed by atoms with Crippen molar-refractivity contribution in [3.05, 3.63) is 11.7 Å². The Kier molecular flexibility index (Phi) is 3.47. The van der Waals surface area contributed by atoms with Crippen molar-refractivity contribution >= 4 is 12.4 Å². The van der Waals surface area contributed by atoms with E-state index in [1.54, 1.807) is 0 Å². The zero-order valence-electron chi connectivity index (χ0n) is 7.99. The van der Waals surface area contributed by atoms with Crippen molar-refractivity contribution in [2.45, 2.75) is 25.4 Å². The van der Waals surface area contributed by atoms with Gasteiger partial charge in [0.15, 0.2) is 11.4 Å². The van der Waals surface area contributed by atoms with E-state index in [1.807, 2.05) is 6.92 Å². The fourth-order valence-electron chi connectivity index (χ4n) is 1.45. The molecule has 2 N–H and O–H groups in total. The minimum Gasteiger partial charge on any atom is -0.379 e. The lowest BCUT2D eigenvalue weighted by atomic mass is 10.0. The zero-order valence-corrected chi connectivity index (χ0v) is 8.80. The number of aliphatic hydroxyl groups is 1. The van der Waals surface area contributed by atoms with Gasteiger partial charge < -0.3 is 14.9 Å². The van der Waals surface area contributed by atoms with Gasteiger partial charge in [-0.15, -0.1) is 12.4 Å². The van der Waals surface area contributed by atoms with Crippen molar-refractivity contribution in [3.63, 3.8) is 0 Å². The smallest absolute Gasteiger partial charge is 0.259 e. The summed E-state index contributed by atoms with van der Waals surface area (Å²) in [6.07, 6.45) is 1.37. The monoisotopic (exact) mass is 219 g/mol. The minimum atomic E-state index is -0.944. The fraction of sp³-hybridized carbons (Fsp3) is 0.750. The average Bonchev–Trinajstić information content (AvgIpc) is 2.72. The van der Waals surface area contributed by atoms with Gasteiger partial charge in [-0.05, 0) is 13.0 Å². The summed E-state index contributed by atoms with van der Waals surface area (Å²) in [7, 11) is 0. The van der Waals surface area contributed by atoms with E-state index < -0.39 is 5.60 Å². The Morgan fingerprint density at radius 2 is 2.43 bits per heavy atom. The van der Waals surface area contributed by atoms with Crippen LogP contribution in [0.5, 0.6) is 0 Å². The number of rotatable bonds is 2. The molecule has 0 aliphatic carbocycles. The van der Waals surface area contributed by atoms with E-state index in [4.69, 9.17) is 4.52 Å². The number of hydrogen-bond donors (Lipinski definition) is 2. The van der Waals surface area contributed by atoms with Gasteiger partial charge in [0.05, 0.1) is 0 Å². The molecule has 1 fully saturated rings. The van der Waals surface area contributed by atoms with E-state index in [-0.39, 0.29) is 12.4 Å². The molecule has 1 aromatic heterocycles. The third-order valence-electron chi connectivity index (χ3n) is 2.32. The van der Waals surface area contributed by atoms with Crippen molar-refractivity contribution in [2.24, 2.45) is 0 Å². The third-order valence-corrected chi connectivity index (χ3v) is 2.32. The summed E-state index contributed by atoms with van der Waals surface area (Å²) < 4.78 is 4.99. The molecule has 0 bridgehead atoms. The van der Waals surface area contributed by atoms with Gasteiger partial charge in [0.1, 0.15) is 0 Å². The maximum atomic E-state index is 10.0. The second kappa shape index (κ2) is 4.25. The highest BCUT2D eigenvalue weighted by atomic mass is 35.5. The fourth-order valence-corrected chi connectivity index (χ4v) is 1.45. The molecule has 1 unspecified atom stereocenters. The summed E-state index contributed by atoms with van der Waals surface area (Å²) in [5.74, 6) is 0.990. The SMILES string of the molecule is CCc1noc(C2(O)CCNC2)n1.Cl. The number of nitrogens with zero attached hydrogens (tertiary/aromatic N) is 2. The summed E-state index contributed by atoms with van der Waals surface area (Å²) >= 11 is 0. The molecule has 0 amide bonds. The number of nitrogens with one attached hydrogen (secondary N) is 1. The molecule has 1 atom stereocenters. The molecule has 0 spiro atoms. The van der Waals surface area contributed by atoms with Crippen molar-refractivity contribution in [1.29, 1.82) is 0 Å². The van der Waals surface area contributed by atoms with Gasteiger partial charge in [-0.2, -0.15) is 4.98 Å². The summed E-state index contributed by atoms with van der Waals surface area (Å²) in [4.78, 5) is 4.11. The second-order valence-corrected chi connectivity index (χ2v) is 3.33. The number of aryl methyl sites for hydroxylation is 1. The van der Waals surface area contributed by atoms with Crippen LogP contribution in [0.1, 0.15) is 25.1 Å². The Labute approximate surface area is 88.3 Å². The average molecular weight is 220 g/mol. The lowest BCUT2D eigenvalue weighted by molar-refractivity contribution is 0.0243. The van der Waals surface area contributed by atoms with Crippen LogP contribution in [0, 0.1) is 0 Å². The summed E-state index contributed by atoms with van der Waals surface area (Å²) in [5, 5.41) is 16.8. The van der Waals surface area contributed by atoms with Crippen LogP contribution in [-0.4, -0.2) is 28.3 Å². The molecule has 14 heavy (non-hydrogen) atoms. The standard InChI is InChI=1S/C8H13N3O2.ClH/c1-2-6-10-7(13-11-6)8(12)3-4-9-5-8;/h9,12H,2-5H2,1H3;1H. The molecule has 80 valence electrons. The Morgan fingerprint density at radius 3 is 2.93 bits per heavy atom. The molecule has 0 aromatic carbocycles. The van der Waals surface area contributed by atoms with Crippen LogP contribution in [0.3, 0.4) is 0 Å². The Balaban J connectivity index is 0.000000980. The molecule has 1 aliphatic rings. The molecule has 5 nitrogen and oxygen atoms in total. The Bertz CT molecular complexity index is 297. The summed E-state index contributed by atoms with van der Waals surface area (Å²) in [6.45, 7) is 3.24. The van der Waals surface area contributed by atoms with E-state index in [9.17, 15) is 5.11 Å². The van der Waals surface area contributed by atoms with Crippen LogP contribution in [-0.2, 0) is 12.0 Å². The quantitative estimate of drug-likeness (QED) is 0.746. The van der Waals surface area contributed by atoms with Crippen molar-refractivity contribution < 1.29 is 9.63 Å². The van der Waals surface area contributed by atoms with Crippen molar-refractivity contribution in [1.82, 2.24) is 15.5 Å². The molecule has 0 saturated carbocycles. The predicted octanol–water partition coefficient (Wildman–Crippen LogP) is 0.235. The minimum absolute atomic E-state index is 0. The van der Waals surface area contributed by atoms with Gasteiger partial charge in [0, 0.05) is 13.0 Å². The van der Waals surface area contributed by atoms with E-state index >= 15 is 0 Å². The lowest BCUT2D eigenvalue weighted by Gasteiger charge is -2.14. The molecular formula is C8H14ClN3O2. The van der Waals surface area contributed by atoms with Crippen molar-refractivity contribution in [3.8, 4) is 0 Å². The number of hydrogen-bond acceptors (Lipinski definition) is 5. The molecule has 1 aliphatic heterocycles. The van der Waals surface area contributed by atoms with E-state index in [1.165, 1.54) is 0 Å². The normalized spacial score (nSPS) is 26.1. The van der Waals surface area contributed by atoms with E-state index in [0.29, 0.717) is 24.7 Å². The first-order valence-electron chi connectivity index (χ1n) is 4.51. The maximum Gasteiger partial charge on any atom is 0.259 e. The van der Waals surface area contributed by atoms with Crippen LogP contribution in [0.2, 0.25) is 0 Å². The highest BCUT2D eigenvalue weighted by Crippen LogP contribution is 2.25. The van der Waals surface area contributed by atoms with E-state index in [0.717, 1.165) is 13.0 Å². The third kappa shape index (κ3) is 1.89. The van der Waals surface area contributed by atoms with Gasteiger partial charge in [-0.1, -0.05) is 12.1 Å². The highest BCUT2D eigenvalue weighted by molar-refractivity contribution is 5.85. The molecule has 6 heteroatoms. The largest absolute Gasteiger partial charge is 0.379 e. The van der Waals surface area contributed by atoms with Crippen LogP contribution in [0.15, 0.2) is 4.52 Å². The summed E-state index contributed by atoms with van der Waals surface area (Å²) in [5.41, 5.74) is -0.944. The molecular weight excluding hydrogens is 206 g/mol. The number of aromatic nitrogens is 2. The van der Waals surface area contributed by atoms with Gasteiger partial charge in [-0.25, -0.2) is 0 Å². The maximum absolute atomic E-state index is 10.0. The van der Waals surface area contributed by atoms with Gasteiger partial charge in [-0.3, -0.25) is 0 Å². The second-order valence-electron chi connectivity index (χ2n) is 3.33. The van der Waals surface area contributed by atoms with Crippen LogP contribution in [0.4, 0.5) is 0 Å². The first kappa shape index (κ1) is 11.4. The first-order chi connectivity index (χ1) is 6.24. The molecule has 1 aromatic rings. The molecule has 1 saturated heterocycles. The summed E-state index contributed by atoms with van der Waals surface area (Å²) in [6, 6.07) is 0. The zero-order chi connectivity index (χ0) is 9.31. The predicted molar refractivity (Wildman–Crippen MR) is 52.3 cm³/mol. The van der Waals surface area contributed by atoms with Crippen molar-refractivity contribution in [2.75, 3.05) is 13.1 Å². The first-order valence-corrected chi connectivity index (χ1v) is 4.51. The van der Waals surface area contributed by atoms with Gasteiger partial charge in [0.2, 0.25) is 0 Å². The highest BCUT2D eigenvalue weighted by Gasteiger charge is 2.38. The van der Waals surface area contributed by atoms with Crippen LogP contribution in [0.25, 0.3) is 0 Å². The molecule has 0 radical (unpaired) electrons. The van der Waals surface area contributed by atoms with Gasteiger partial charge in [0.25, 0.3) is 5.89 Å². The van der Waals surface area contributed by atoms with Crippen LogP contribution >= 0.6 is 12.4 Å². The van der Waals surface area contributed by atoms with Gasteiger partial charge >= 0.3 is 0 Å². The Morgan fingerprint density at radius 1 is 1.64 bits per heavy atom. The molecule has 2 heterocycles.